The molecule has 4 rings (SSSR count). The smallest absolute Gasteiger partial charge is 0.272 e. The van der Waals surface area contributed by atoms with Gasteiger partial charge in [0.2, 0.25) is 5.91 Å². The van der Waals surface area contributed by atoms with Crippen LogP contribution in [0.3, 0.4) is 0 Å². The fraction of sp³-hybridized carbons (Fsp3) is 0.263. The van der Waals surface area contributed by atoms with Crippen molar-refractivity contribution in [3.8, 4) is 0 Å². The monoisotopic (exact) mass is 349 g/mol. The number of hydrogen-bond donors (Lipinski definition) is 1. The van der Waals surface area contributed by atoms with Crippen LogP contribution in [0.25, 0.3) is 10.9 Å². The van der Waals surface area contributed by atoms with Gasteiger partial charge in [-0.3, -0.25) is 14.3 Å². The van der Waals surface area contributed by atoms with Crippen molar-refractivity contribution in [2.24, 2.45) is 0 Å². The summed E-state index contributed by atoms with van der Waals surface area (Å²) >= 11 is 0. The maximum atomic E-state index is 13.0. The van der Waals surface area contributed by atoms with Gasteiger partial charge in [-0.05, 0) is 18.2 Å². The molecule has 0 bridgehead atoms. The summed E-state index contributed by atoms with van der Waals surface area (Å²) in [6.45, 7) is 0.882. The summed E-state index contributed by atoms with van der Waals surface area (Å²) in [6.07, 6.45) is 1.98. The summed E-state index contributed by atoms with van der Waals surface area (Å²) in [7, 11) is 1.61. The second-order valence-corrected chi connectivity index (χ2v) is 6.37. The molecule has 1 atom stereocenters. The number of pyridine rings is 1. The molecule has 0 spiro atoms. The summed E-state index contributed by atoms with van der Waals surface area (Å²) in [4.78, 5) is 31.1. The minimum absolute atomic E-state index is 0.0745. The Morgan fingerprint density at radius 1 is 1.19 bits per heavy atom. The zero-order chi connectivity index (χ0) is 18.1. The van der Waals surface area contributed by atoms with Crippen molar-refractivity contribution in [1.82, 2.24) is 25.0 Å². The summed E-state index contributed by atoms with van der Waals surface area (Å²) < 4.78 is 1.84. The molecular weight excluding hydrogens is 330 g/mol. The molecule has 1 aliphatic rings. The SMILES string of the molecule is CNC(=O)C[C@@H]1CN(C(=O)c2ccc3ccccc3n2)Cc2ccnn21. The molecule has 2 amide bonds. The predicted molar refractivity (Wildman–Crippen MR) is 96.4 cm³/mol. The maximum Gasteiger partial charge on any atom is 0.272 e. The molecule has 7 heteroatoms. The van der Waals surface area contributed by atoms with E-state index in [4.69, 9.17) is 0 Å². The minimum Gasteiger partial charge on any atom is -0.359 e. The second-order valence-electron chi connectivity index (χ2n) is 6.37. The molecule has 0 fully saturated rings. The molecule has 3 aromatic rings. The van der Waals surface area contributed by atoms with Gasteiger partial charge in [-0.1, -0.05) is 24.3 Å². The summed E-state index contributed by atoms with van der Waals surface area (Å²) in [6, 6.07) is 13.1. The Bertz CT molecular complexity index is 981. The van der Waals surface area contributed by atoms with Crippen LogP contribution in [0.1, 0.15) is 28.6 Å². The number of amides is 2. The highest BCUT2D eigenvalue weighted by Gasteiger charge is 2.30. The van der Waals surface area contributed by atoms with Gasteiger partial charge in [0.25, 0.3) is 5.91 Å². The van der Waals surface area contributed by atoms with Gasteiger partial charge in [0, 0.05) is 25.2 Å². The average Bonchev–Trinajstić information content (AvgIpc) is 3.15. The van der Waals surface area contributed by atoms with Gasteiger partial charge in [0.15, 0.2) is 0 Å². The van der Waals surface area contributed by atoms with Gasteiger partial charge in [-0.15, -0.1) is 0 Å². The van der Waals surface area contributed by atoms with Gasteiger partial charge in [0.05, 0.1) is 30.2 Å². The number of nitrogens with zero attached hydrogens (tertiary/aromatic N) is 4. The largest absolute Gasteiger partial charge is 0.359 e. The number of hydrogen-bond acceptors (Lipinski definition) is 4. The third-order valence-electron chi connectivity index (χ3n) is 4.69. The van der Waals surface area contributed by atoms with Gasteiger partial charge in [-0.2, -0.15) is 5.10 Å². The highest BCUT2D eigenvalue weighted by molar-refractivity contribution is 5.95. The van der Waals surface area contributed by atoms with Crippen molar-refractivity contribution in [2.75, 3.05) is 13.6 Å². The zero-order valence-corrected chi connectivity index (χ0v) is 14.4. The number of para-hydroxylation sites is 1. The second kappa shape index (κ2) is 6.59. The van der Waals surface area contributed by atoms with Crippen molar-refractivity contribution < 1.29 is 9.59 Å². The highest BCUT2D eigenvalue weighted by atomic mass is 16.2. The van der Waals surface area contributed by atoms with Crippen LogP contribution in [-0.2, 0) is 11.3 Å². The van der Waals surface area contributed by atoms with Gasteiger partial charge < -0.3 is 10.2 Å². The first-order chi connectivity index (χ1) is 12.7. The highest BCUT2D eigenvalue weighted by Crippen LogP contribution is 2.24. The van der Waals surface area contributed by atoms with E-state index in [1.807, 2.05) is 41.1 Å². The average molecular weight is 349 g/mol. The van der Waals surface area contributed by atoms with Crippen molar-refractivity contribution in [2.45, 2.75) is 19.0 Å². The number of carbonyl (C=O) groups is 2. The van der Waals surface area contributed by atoms with Crippen LogP contribution in [0.4, 0.5) is 0 Å². The fourth-order valence-electron chi connectivity index (χ4n) is 3.36. The van der Waals surface area contributed by atoms with E-state index in [0.29, 0.717) is 18.8 Å². The Hall–Kier alpha value is -3.22. The molecule has 0 radical (unpaired) electrons. The van der Waals surface area contributed by atoms with E-state index in [1.165, 1.54) is 0 Å². The molecule has 7 nitrogen and oxygen atoms in total. The van der Waals surface area contributed by atoms with E-state index < -0.39 is 0 Å². The van der Waals surface area contributed by atoms with Crippen LogP contribution >= 0.6 is 0 Å². The van der Waals surface area contributed by atoms with E-state index in [-0.39, 0.29) is 24.3 Å². The molecule has 2 aromatic heterocycles. The topological polar surface area (TPSA) is 80.1 Å². The van der Waals surface area contributed by atoms with E-state index in [9.17, 15) is 9.59 Å². The van der Waals surface area contributed by atoms with E-state index in [1.54, 1.807) is 24.2 Å². The lowest BCUT2D eigenvalue weighted by Gasteiger charge is -2.33. The fourth-order valence-corrected chi connectivity index (χ4v) is 3.36. The lowest BCUT2D eigenvalue weighted by molar-refractivity contribution is -0.121. The summed E-state index contributed by atoms with van der Waals surface area (Å²) in [5.41, 5.74) is 2.12. The molecule has 132 valence electrons. The first-order valence-corrected chi connectivity index (χ1v) is 8.54. The number of fused-ring (bicyclic) bond motifs is 2. The van der Waals surface area contributed by atoms with Crippen molar-refractivity contribution >= 4 is 22.7 Å². The Morgan fingerprint density at radius 2 is 2.04 bits per heavy atom. The molecule has 26 heavy (non-hydrogen) atoms. The number of aromatic nitrogens is 3. The Balaban J connectivity index is 1.62. The summed E-state index contributed by atoms with van der Waals surface area (Å²) in [5, 5.41) is 7.95. The molecular formula is C19H19N5O2. The first-order valence-electron chi connectivity index (χ1n) is 8.54. The van der Waals surface area contributed by atoms with Crippen molar-refractivity contribution in [3.05, 3.63) is 60.0 Å². The third kappa shape index (κ3) is 2.92. The number of nitrogens with one attached hydrogen (secondary N) is 1. The Morgan fingerprint density at radius 3 is 2.88 bits per heavy atom. The van der Waals surface area contributed by atoms with Crippen LogP contribution in [0, 0.1) is 0 Å². The molecule has 0 saturated heterocycles. The third-order valence-corrected chi connectivity index (χ3v) is 4.69. The van der Waals surface area contributed by atoms with Crippen LogP contribution in [0.2, 0.25) is 0 Å². The predicted octanol–water partition coefficient (Wildman–Crippen LogP) is 1.76. The molecule has 0 aliphatic carbocycles. The van der Waals surface area contributed by atoms with Gasteiger partial charge in [0.1, 0.15) is 5.69 Å². The quantitative estimate of drug-likeness (QED) is 0.781. The van der Waals surface area contributed by atoms with Gasteiger partial charge >= 0.3 is 0 Å². The number of benzene rings is 1. The first kappa shape index (κ1) is 16.3. The van der Waals surface area contributed by atoms with Crippen LogP contribution in [0.15, 0.2) is 48.7 Å². The maximum absolute atomic E-state index is 13.0. The minimum atomic E-state index is -0.182. The Kier molecular flexibility index (Phi) is 4.12. The van der Waals surface area contributed by atoms with Crippen LogP contribution < -0.4 is 5.32 Å². The summed E-state index contributed by atoms with van der Waals surface area (Å²) in [5.74, 6) is -0.209. The lowest BCUT2D eigenvalue weighted by Crippen LogP contribution is -2.43. The molecule has 0 saturated carbocycles. The van der Waals surface area contributed by atoms with Crippen molar-refractivity contribution in [1.29, 1.82) is 0 Å². The van der Waals surface area contributed by atoms with E-state index in [0.717, 1.165) is 16.6 Å². The van der Waals surface area contributed by atoms with E-state index in [2.05, 4.69) is 15.4 Å². The normalized spacial score (nSPS) is 16.3. The number of rotatable bonds is 3. The molecule has 0 unspecified atom stereocenters. The standard InChI is InChI=1S/C19H19N5O2/c1-20-18(25)10-15-12-23(11-14-8-9-21-24(14)15)19(26)17-7-6-13-4-2-3-5-16(13)22-17/h2-9,15H,10-12H2,1H3,(H,20,25)/t15-/m1/s1. The molecule has 1 aromatic carbocycles. The van der Waals surface area contributed by atoms with E-state index >= 15 is 0 Å². The van der Waals surface area contributed by atoms with Crippen LogP contribution in [0.5, 0.6) is 0 Å². The van der Waals surface area contributed by atoms with Gasteiger partial charge in [-0.25, -0.2) is 4.98 Å². The molecule has 3 heterocycles. The number of carbonyl (C=O) groups excluding carboxylic acids is 2. The van der Waals surface area contributed by atoms with Crippen molar-refractivity contribution in [3.63, 3.8) is 0 Å². The molecule has 1 N–H and O–H groups in total. The zero-order valence-electron chi connectivity index (χ0n) is 14.4. The van der Waals surface area contributed by atoms with Crippen LogP contribution in [-0.4, -0.2) is 45.1 Å². The Labute approximate surface area is 150 Å². The molecule has 1 aliphatic heterocycles. The lowest BCUT2D eigenvalue weighted by atomic mass is 10.1.